The van der Waals surface area contributed by atoms with Gasteiger partial charge in [0, 0.05) is 16.7 Å². The molecule has 0 fully saturated rings. The Kier molecular flexibility index (Phi) is 5.22. The van der Waals surface area contributed by atoms with Gasteiger partial charge in [0.05, 0.1) is 6.21 Å². The molecule has 3 aromatic carbocycles. The summed E-state index contributed by atoms with van der Waals surface area (Å²) < 4.78 is 13.7. The SMILES string of the molecule is O=C(/C(=N\N=C/c1ccccc1F)c1ccccc1)c1ccccc1. The molecule has 25 heavy (non-hydrogen) atoms. The molecule has 0 aromatic heterocycles. The number of nitrogens with zero attached hydrogens (tertiary/aromatic N) is 2. The van der Waals surface area contributed by atoms with Gasteiger partial charge in [-0.3, -0.25) is 4.79 Å². The van der Waals surface area contributed by atoms with Gasteiger partial charge in [0.25, 0.3) is 0 Å². The van der Waals surface area contributed by atoms with Gasteiger partial charge in [0.1, 0.15) is 11.5 Å². The average Bonchev–Trinajstić information content (AvgIpc) is 2.67. The lowest BCUT2D eigenvalue weighted by atomic mass is 10.0. The summed E-state index contributed by atoms with van der Waals surface area (Å²) in [5.74, 6) is -0.630. The molecular formula is C21H15FN2O. The van der Waals surface area contributed by atoms with Gasteiger partial charge in [0.15, 0.2) is 0 Å². The summed E-state index contributed by atoms with van der Waals surface area (Å²) in [7, 11) is 0. The lowest BCUT2D eigenvalue weighted by molar-refractivity contribution is 0.106. The molecule has 0 aliphatic carbocycles. The monoisotopic (exact) mass is 330 g/mol. The smallest absolute Gasteiger partial charge is 0.213 e. The largest absolute Gasteiger partial charge is 0.287 e. The molecule has 0 saturated carbocycles. The number of hydrogen-bond acceptors (Lipinski definition) is 3. The summed E-state index contributed by atoms with van der Waals surface area (Å²) in [6.45, 7) is 0. The molecule has 0 atom stereocenters. The highest BCUT2D eigenvalue weighted by atomic mass is 19.1. The zero-order valence-electron chi connectivity index (χ0n) is 13.3. The predicted octanol–water partition coefficient (Wildman–Crippen LogP) is 4.53. The maximum atomic E-state index is 13.7. The fourth-order valence-corrected chi connectivity index (χ4v) is 2.29. The second-order valence-electron chi connectivity index (χ2n) is 5.28. The average molecular weight is 330 g/mol. The zero-order chi connectivity index (χ0) is 17.5. The van der Waals surface area contributed by atoms with E-state index in [4.69, 9.17) is 0 Å². The standard InChI is InChI=1S/C21H15FN2O/c22-19-14-8-7-13-18(19)15-23-24-20(16-9-3-1-4-10-16)21(25)17-11-5-2-6-12-17/h1-15H/b23-15-,24-20-. The minimum atomic E-state index is -0.392. The molecule has 0 aliphatic rings. The number of rotatable bonds is 5. The van der Waals surface area contributed by atoms with Crippen molar-refractivity contribution in [1.82, 2.24) is 0 Å². The summed E-state index contributed by atoms with van der Waals surface area (Å²) in [6.07, 6.45) is 1.30. The van der Waals surface area contributed by atoms with Gasteiger partial charge in [0.2, 0.25) is 5.78 Å². The third-order valence-electron chi connectivity index (χ3n) is 3.56. The van der Waals surface area contributed by atoms with Crippen molar-refractivity contribution in [3.8, 4) is 0 Å². The molecule has 0 heterocycles. The molecule has 4 heteroatoms. The van der Waals surface area contributed by atoms with Crippen molar-refractivity contribution in [3.05, 3.63) is 107 Å². The van der Waals surface area contributed by atoms with E-state index in [1.165, 1.54) is 12.3 Å². The van der Waals surface area contributed by atoms with Gasteiger partial charge < -0.3 is 0 Å². The highest BCUT2D eigenvalue weighted by Gasteiger charge is 2.16. The quantitative estimate of drug-likeness (QED) is 0.385. The normalized spacial score (nSPS) is 11.6. The summed E-state index contributed by atoms with van der Waals surface area (Å²) in [5.41, 5.74) is 1.69. The molecule has 0 spiro atoms. The third-order valence-corrected chi connectivity index (χ3v) is 3.56. The van der Waals surface area contributed by atoms with Crippen LogP contribution in [0.1, 0.15) is 21.5 Å². The Bertz CT molecular complexity index is 919. The van der Waals surface area contributed by atoms with Crippen LogP contribution in [-0.4, -0.2) is 17.7 Å². The first-order valence-electron chi connectivity index (χ1n) is 7.76. The summed E-state index contributed by atoms with van der Waals surface area (Å²) >= 11 is 0. The van der Waals surface area contributed by atoms with Crippen LogP contribution < -0.4 is 0 Å². The highest BCUT2D eigenvalue weighted by molar-refractivity contribution is 6.51. The molecule has 3 aromatic rings. The molecule has 0 unspecified atom stereocenters. The van der Waals surface area contributed by atoms with Gasteiger partial charge in [-0.1, -0.05) is 78.9 Å². The topological polar surface area (TPSA) is 41.8 Å². The van der Waals surface area contributed by atoms with E-state index in [9.17, 15) is 9.18 Å². The van der Waals surface area contributed by atoms with Gasteiger partial charge >= 0.3 is 0 Å². The first-order valence-corrected chi connectivity index (χ1v) is 7.76. The molecule has 0 amide bonds. The molecule has 0 N–H and O–H groups in total. The summed E-state index contributed by atoms with van der Waals surface area (Å²) in [5, 5.41) is 8.00. The lowest BCUT2D eigenvalue weighted by Crippen LogP contribution is -2.15. The molecular weight excluding hydrogens is 315 g/mol. The number of carbonyl (C=O) groups excluding carboxylic acids is 1. The van der Waals surface area contributed by atoms with Gasteiger partial charge in [-0.15, -0.1) is 5.10 Å². The number of benzene rings is 3. The van der Waals surface area contributed by atoms with E-state index in [-0.39, 0.29) is 11.5 Å². The Balaban J connectivity index is 1.97. The van der Waals surface area contributed by atoms with E-state index >= 15 is 0 Å². The van der Waals surface area contributed by atoms with Crippen LogP contribution in [0.15, 0.2) is 95.1 Å². The first-order chi connectivity index (χ1) is 12.3. The second-order valence-corrected chi connectivity index (χ2v) is 5.28. The van der Waals surface area contributed by atoms with Crippen LogP contribution in [0.3, 0.4) is 0 Å². The number of carbonyl (C=O) groups is 1. The fourth-order valence-electron chi connectivity index (χ4n) is 2.29. The van der Waals surface area contributed by atoms with Gasteiger partial charge in [-0.05, 0) is 6.07 Å². The fraction of sp³-hybridized carbons (Fsp3) is 0. The van der Waals surface area contributed by atoms with Crippen LogP contribution in [0.5, 0.6) is 0 Å². The van der Waals surface area contributed by atoms with Crippen molar-refractivity contribution in [3.63, 3.8) is 0 Å². The molecule has 0 saturated heterocycles. The van der Waals surface area contributed by atoms with Crippen LogP contribution in [0.2, 0.25) is 0 Å². The second kappa shape index (κ2) is 7.93. The summed E-state index contributed by atoms with van der Waals surface area (Å²) in [6, 6.07) is 24.2. The number of Topliss-reactive ketones (excluding diaryl/α,β-unsaturated/α-hetero) is 1. The van der Waals surface area contributed by atoms with Crippen molar-refractivity contribution < 1.29 is 9.18 Å². The Hall–Kier alpha value is -3.40. The van der Waals surface area contributed by atoms with Crippen molar-refractivity contribution in [2.24, 2.45) is 10.2 Å². The van der Waals surface area contributed by atoms with E-state index < -0.39 is 5.82 Å². The molecule has 0 bridgehead atoms. The van der Waals surface area contributed by atoms with Crippen LogP contribution in [0, 0.1) is 5.82 Å². The van der Waals surface area contributed by atoms with Crippen molar-refractivity contribution in [1.29, 1.82) is 0 Å². The molecule has 0 aliphatic heterocycles. The van der Waals surface area contributed by atoms with Crippen LogP contribution in [-0.2, 0) is 0 Å². The van der Waals surface area contributed by atoms with E-state index in [0.29, 0.717) is 16.7 Å². The van der Waals surface area contributed by atoms with Crippen LogP contribution in [0.25, 0.3) is 0 Å². The predicted molar refractivity (Wildman–Crippen MR) is 97.7 cm³/mol. The minimum absolute atomic E-state index is 0.208. The van der Waals surface area contributed by atoms with Crippen LogP contribution in [0.4, 0.5) is 4.39 Å². The number of halogens is 1. The van der Waals surface area contributed by atoms with E-state index in [1.807, 2.05) is 24.3 Å². The van der Waals surface area contributed by atoms with E-state index in [1.54, 1.807) is 54.6 Å². The third kappa shape index (κ3) is 4.12. The number of ketones is 1. The van der Waals surface area contributed by atoms with Crippen molar-refractivity contribution >= 4 is 17.7 Å². The first kappa shape index (κ1) is 16.5. The van der Waals surface area contributed by atoms with E-state index in [2.05, 4.69) is 10.2 Å². The molecule has 0 radical (unpaired) electrons. The Morgan fingerprint density at radius 3 is 1.96 bits per heavy atom. The van der Waals surface area contributed by atoms with Gasteiger partial charge in [-0.2, -0.15) is 5.10 Å². The molecule has 122 valence electrons. The zero-order valence-corrected chi connectivity index (χ0v) is 13.3. The molecule has 3 nitrogen and oxygen atoms in total. The van der Waals surface area contributed by atoms with E-state index in [0.717, 1.165) is 0 Å². The maximum Gasteiger partial charge on any atom is 0.213 e. The van der Waals surface area contributed by atoms with Gasteiger partial charge in [-0.25, -0.2) is 4.39 Å². The van der Waals surface area contributed by atoms with Crippen LogP contribution >= 0.6 is 0 Å². The van der Waals surface area contributed by atoms with Crippen molar-refractivity contribution in [2.45, 2.75) is 0 Å². The lowest BCUT2D eigenvalue weighted by Gasteiger charge is -2.04. The Labute approximate surface area is 145 Å². The highest BCUT2D eigenvalue weighted by Crippen LogP contribution is 2.10. The Morgan fingerprint density at radius 2 is 1.32 bits per heavy atom. The number of hydrogen-bond donors (Lipinski definition) is 0. The minimum Gasteiger partial charge on any atom is -0.287 e. The summed E-state index contributed by atoms with van der Waals surface area (Å²) in [4.78, 5) is 12.8. The molecule has 3 rings (SSSR count). The van der Waals surface area contributed by atoms with Crippen molar-refractivity contribution in [2.75, 3.05) is 0 Å². The maximum absolute atomic E-state index is 13.7. The Morgan fingerprint density at radius 1 is 0.760 bits per heavy atom.